The van der Waals surface area contributed by atoms with Crippen molar-refractivity contribution in [1.29, 1.82) is 0 Å². The summed E-state index contributed by atoms with van der Waals surface area (Å²) in [5.41, 5.74) is 3.29. The second-order valence-electron chi connectivity index (χ2n) is 5.37. The molecule has 0 bridgehead atoms. The predicted molar refractivity (Wildman–Crippen MR) is 79.0 cm³/mol. The summed E-state index contributed by atoms with van der Waals surface area (Å²) >= 11 is 0. The largest absolute Gasteiger partial charge is 0.454 e. The normalized spacial score (nSPS) is 18.7. The van der Waals surface area contributed by atoms with Crippen LogP contribution in [0.3, 0.4) is 0 Å². The van der Waals surface area contributed by atoms with Crippen molar-refractivity contribution >= 4 is 5.91 Å². The van der Waals surface area contributed by atoms with E-state index >= 15 is 0 Å². The van der Waals surface area contributed by atoms with Gasteiger partial charge in [0.1, 0.15) is 0 Å². The Morgan fingerprint density at radius 1 is 1.45 bits per heavy atom. The van der Waals surface area contributed by atoms with E-state index < -0.39 is 0 Å². The first-order chi connectivity index (χ1) is 10.7. The number of nitrogens with one attached hydrogen (secondary N) is 1. The van der Waals surface area contributed by atoms with Gasteiger partial charge in [0.15, 0.2) is 17.2 Å². The fraction of sp³-hybridized carbons (Fsp3) is 0.250. The quantitative estimate of drug-likeness (QED) is 0.882. The molecule has 112 valence electrons. The zero-order valence-electron chi connectivity index (χ0n) is 12.1. The minimum absolute atomic E-state index is 0.0816. The lowest BCUT2D eigenvalue weighted by Gasteiger charge is -2.25. The van der Waals surface area contributed by atoms with Crippen LogP contribution in [0.25, 0.3) is 0 Å². The van der Waals surface area contributed by atoms with Crippen LogP contribution in [-0.4, -0.2) is 34.3 Å². The number of amides is 1. The van der Waals surface area contributed by atoms with Gasteiger partial charge in [-0.25, -0.2) is 0 Å². The van der Waals surface area contributed by atoms with Gasteiger partial charge in [-0.15, -0.1) is 6.58 Å². The Hall–Kier alpha value is -2.76. The molecular weight excluding hydrogens is 282 g/mol. The van der Waals surface area contributed by atoms with Gasteiger partial charge in [0.05, 0.1) is 6.04 Å². The lowest BCUT2D eigenvalue weighted by atomic mass is 9.99. The molecule has 6 heteroatoms. The summed E-state index contributed by atoms with van der Waals surface area (Å²) in [6, 6.07) is 5.58. The van der Waals surface area contributed by atoms with Gasteiger partial charge >= 0.3 is 0 Å². The number of hydrogen-bond acceptors (Lipinski definition) is 4. The highest BCUT2D eigenvalue weighted by molar-refractivity contribution is 5.98. The van der Waals surface area contributed by atoms with Crippen LogP contribution in [0.15, 0.2) is 30.9 Å². The molecule has 1 amide bonds. The van der Waals surface area contributed by atoms with E-state index in [-0.39, 0.29) is 18.7 Å². The number of hydrogen-bond donors (Lipinski definition) is 1. The molecule has 0 spiro atoms. The standard InChI is InChI=1S/C16H15N3O3/c1-3-6-19-15(13-9(2)17-18-14(13)16(19)20)10-4-5-11-12(7-10)22-8-21-11/h3-5,7,15H,1,6,8H2,2H3,(H,17,18). The predicted octanol–water partition coefficient (Wildman–Crippen LogP) is 2.18. The number of ether oxygens (including phenoxy) is 2. The van der Waals surface area contributed by atoms with Crippen molar-refractivity contribution in [2.45, 2.75) is 13.0 Å². The van der Waals surface area contributed by atoms with E-state index in [0.717, 1.165) is 22.6 Å². The number of rotatable bonds is 3. The highest BCUT2D eigenvalue weighted by Crippen LogP contribution is 2.42. The first-order valence-corrected chi connectivity index (χ1v) is 7.07. The van der Waals surface area contributed by atoms with Crippen molar-refractivity contribution in [3.05, 3.63) is 53.4 Å². The zero-order chi connectivity index (χ0) is 15.3. The molecule has 1 aromatic carbocycles. The molecule has 0 fully saturated rings. The molecule has 1 aromatic heterocycles. The van der Waals surface area contributed by atoms with Crippen molar-refractivity contribution in [3.8, 4) is 11.5 Å². The van der Waals surface area contributed by atoms with E-state index in [0.29, 0.717) is 18.0 Å². The molecule has 0 saturated heterocycles. The number of aromatic amines is 1. The number of aromatic nitrogens is 2. The number of carbonyl (C=O) groups excluding carboxylic acids is 1. The Kier molecular flexibility index (Phi) is 2.72. The molecule has 0 saturated carbocycles. The third-order valence-corrected chi connectivity index (χ3v) is 4.08. The van der Waals surface area contributed by atoms with E-state index in [1.807, 2.05) is 25.1 Å². The summed E-state index contributed by atoms with van der Waals surface area (Å²) in [6.45, 7) is 6.37. The lowest BCUT2D eigenvalue weighted by Crippen LogP contribution is -2.29. The third-order valence-electron chi connectivity index (χ3n) is 4.08. The molecular formula is C16H15N3O3. The fourth-order valence-electron chi connectivity index (χ4n) is 3.10. The Balaban J connectivity index is 1.85. The van der Waals surface area contributed by atoms with Crippen LogP contribution >= 0.6 is 0 Å². The van der Waals surface area contributed by atoms with Gasteiger partial charge in [-0.2, -0.15) is 5.10 Å². The van der Waals surface area contributed by atoms with Gasteiger partial charge in [-0.3, -0.25) is 9.89 Å². The SMILES string of the molecule is C=CCN1C(=O)c2n[nH]c(C)c2C1c1ccc2c(c1)OCO2. The topological polar surface area (TPSA) is 67.5 Å². The van der Waals surface area contributed by atoms with Gasteiger partial charge in [-0.1, -0.05) is 12.1 Å². The molecule has 0 radical (unpaired) electrons. The van der Waals surface area contributed by atoms with Crippen LogP contribution in [0, 0.1) is 6.92 Å². The van der Waals surface area contributed by atoms with Gasteiger partial charge in [-0.05, 0) is 24.6 Å². The van der Waals surface area contributed by atoms with Crippen LogP contribution in [0.4, 0.5) is 0 Å². The molecule has 1 N–H and O–H groups in total. The molecule has 4 rings (SSSR count). The van der Waals surface area contributed by atoms with Crippen LogP contribution in [0.1, 0.15) is 33.4 Å². The molecule has 2 aliphatic rings. The second kappa shape index (κ2) is 4.62. The molecule has 2 aromatic rings. The maximum absolute atomic E-state index is 12.6. The molecule has 3 heterocycles. The summed E-state index contributed by atoms with van der Waals surface area (Å²) in [7, 11) is 0. The van der Waals surface area contributed by atoms with Crippen molar-refractivity contribution in [3.63, 3.8) is 0 Å². The van der Waals surface area contributed by atoms with E-state index in [1.54, 1.807) is 11.0 Å². The molecule has 22 heavy (non-hydrogen) atoms. The minimum Gasteiger partial charge on any atom is -0.454 e. The number of nitrogens with zero attached hydrogens (tertiary/aromatic N) is 2. The maximum Gasteiger partial charge on any atom is 0.275 e. The smallest absolute Gasteiger partial charge is 0.275 e. The van der Waals surface area contributed by atoms with E-state index in [4.69, 9.17) is 9.47 Å². The Bertz CT molecular complexity index is 781. The number of benzene rings is 1. The van der Waals surface area contributed by atoms with Gasteiger partial charge in [0.2, 0.25) is 6.79 Å². The summed E-state index contributed by atoms with van der Waals surface area (Å²) in [6.07, 6.45) is 1.73. The van der Waals surface area contributed by atoms with Gasteiger partial charge in [0, 0.05) is 17.8 Å². The first-order valence-electron chi connectivity index (χ1n) is 7.07. The fourth-order valence-corrected chi connectivity index (χ4v) is 3.10. The highest BCUT2D eigenvalue weighted by atomic mass is 16.7. The summed E-state index contributed by atoms with van der Waals surface area (Å²) < 4.78 is 10.8. The van der Waals surface area contributed by atoms with Gasteiger partial charge in [0.25, 0.3) is 5.91 Å². The molecule has 0 aliphatic carbocycles. The summed E-state index contributed by atoms with van der Waals surface area (Å²) in [4.78, 5) is 14.3. The first kappa shape index (κ1) is 12.9. The van der Waals surface area contributed by atoms with Crippen LogP contribution in [0.2, 0.25) is 0 Å². The summed E-state index contributed by atoms with van der Waals surface area (Å²) in [5.74, 6) is 1.35. The third kappa shape index (κ3) is 1.67. The molecule has 6 nitrogen and oxygen atoms in total. The Labute approximate surface area is 127 Å². The van der Waals surface area contributed by atoms with Crippen LogP contribution in [-0.2, 0) is 0 Å². The van der Waals surface area contributed by atoms with Crippen molar-refractivity contribution in [2.24, 2.45) is 0 Å². The molecule has 1 unspecified atom stereocenters. The summed E-state index contributed by atoms with van der Waals surface area (Å²) in [5, 5.41) is 7.06. The van der Waals surface area contributed by atoms with E-state index in [1.165, 1.54) is 0 Å². The average Bonchev–Trinajstić information content (AvgIpc) is 3.18. The minimum atomic E-state index is -0.186. The second-order valence-corrected chi connectivity index (χ2v) is 5.37. The molecule has 1 atom stereocenters. The Morgan fingerprint density at radius 3 is 3.09 bits per heavy atom. The lowest BCUT2D eigenvalue weighted by molar-refractivity contribution is 0.0764. The number of carbonyl (C=O) groups is 1. The van der Waals surface area contributed by atoms with E-state index in [2.05, 4.69) is 16.8 Å². The highest BCUT2D eigenvalue weighted by Gasteiger charge is 2.41. The van der Waals surface area contributed by atoms with Crippen molar-refractivity contribution < 1.29 is 14.3 Å². The van der Waals surface area contributed by atoms with Gasteiger partial charge < -0.3 is 14.4 Å². The number of H-pyrrole nitrogens is 1. The van der Waals surface area contributed by atoms with Crippen LogP contribution < -0.4 is 9.47 Å². The average molecular weight is 297 g/mol. The van der Waals surface area contributed by atoms with Crippen LogP contribution in [0.5, 0.6) is 11.5 Å². The number of aryl methyl sites for hydroxylation is 1. The zero-order valence-corrected chi connectivity index (χ0v) is 12.1. The molecule has 2 aliphatic heterocycles. The number of fused-ring (bicyclic) bond motifs is 2. The van der Waals surface area contributed by atoms with Crippen molar-refractivity contribution in [1.82, 2.24) is 15.1 Å². The van der Waals surface area contributed by atoms with E-state index in [9.17, 15) is 4.79 Å². The Morgan fingerprint density at radius 2 is 2.27 bits per heavy atom. The van der Waals surface area contributed by atoms with Crippen molar-refractivity contribution in [2.75, 3.05) is 13.3 Å². The maximum atomic E-state index is 12.6. The monoisotopic (exact) mass is 297 g/mol.